The quantitative estimate of drug-likeness (QED) is 0.567. The Kier molecular flexibility index (Phi) is 8.99. The third kappa shape index (κ3) is 7.85. The Bertz CT molecular complexity index is 420. The molecule has 2 atom stereocenters. The number of rotatable bonds is 10. The Hall–Kier alpha value is -0.560. The van der Waals surface area contributed by atoms with Crippen molar-refractivity contribution in [1.82, 2.24) is 5.32 Å². The molecule has 7 heteroatoms. The van der Waals surface area contributed by atoms with Gasteiger partial charge in [0.25, 0.3) is 0 Å². The first-order valence-electron chi connectivity index (χ1n) is 6.66. The molecule has 5 nitrogen and oxygen atoms in total. The lowest BCUT2D eigenvalue weighted by molar-refractivity contribution is 0.0577. The van der Waals surface area contributed by atoms with Crippen LogP contribution in [0, 0.1) is 0 Å². The van der Waals surface area contributed by atoms with Crippen LogP contribution < -0.4 is 10.1 Å². The molecule has 0 aliphatic heterocycles. The second kappa shape index (κ2) is 10.2. The summed E-state index contributed by atoms with van der Waals surface area (Å²) in [6, 6.07) is 4.91. The molecule has 0 spiro atoms. The lowest BCUT2D eigenvalue weighted by Crippen LogP contribution is -2.33. The molecule has 0 aromatic heterocycles. The van der Waals surface area contributed by atoms with Crippen molar-refractivity contribution in [3.63, 3.8) is 0 Å². The van der Waals surface area contributed by atoms with E-state index in [1.807, 2.05) is 0 Å². The molecule has 0 heterocycles. The largest absolute Gasteiger partial charge is 0.489 e. The van der Waals surface area contributed by atoms with E-state index in [9.17, 15) is 10.2 Å². The molecule has 2 unspecified atom stereocenters. The van der Waals surface area contributed by atoms with Gasteiger partial charge >= 0.3 is 0 Å². The van der Waals surface area contributed by atoms with Gasteiger partial charge in [0, 0.05) is 24.7 Å². The number of nitrogens with one attached hydrogen (secondary N) is 1. The fourth-order valence-corrected chi connectivity index (χ4v) is 1.98. The van der Waals surface area contributed by atoms with E-state index in [0.717, 1.165) is 0 Å². The van der Waals surface area contributed by atoms with Crippen LogP contribution in [-0.2, 0) is 4.74 Å². The van der Waals surface area contributed by atoms with Crippen molar-refractivity contribution in [3.05, 3.63) is 28.2 Å². The Labute approximate surface area is 134 Å². The molecule has 3 N–H and O–H groups in total. The zero-order valence-electron chi connectivity index (χ0n) is 11.9. The highest BCUT2D eigenvalue weighted by Gasteiger charge is 2.08. The zero-order chi connectivity index (χ0) is 15.7. The van der Waals surface area contributed by atoms with Gasteiger partial charge in [-0.1, -0.05) is 23.2 Å². The number of ether oxygens (including phenoxy) is 2. The molecule has 0 aliphatic carbocycles. The van der Waals surface area contributed by atoms with Crippen molar-refractivity contribution in [3.8, 4) is 5.75 Å². The molecular formula is C14H21Cl2NO4. The summed E-state index contributed by atoms with van der Waals surface area (Å²) in [5, 5.41) is 23.2. The van der Waals surface area contributed by atoms with Gasteiger partial charge in [0.1, 0.15) is 18.5 Å². The van der Waals surface area contributed by atoms with Crippen molar-refractivity contribution in [2.75, 3.05) is 33.4 Å². The molecule has 0 aliphatic rings. The minimum Gasteiger partial charge on any atom is -0.489 e. The second-order valence-corrected chi connectivity index (χ2v) is 5.49. The molecule has 120 valence electrons. The second-order valence-electron chi connectivity index (χ2n) is 4.64. The lowest BCUT2D eigenvalue weighted by atomic mass is 10.2. The van der Waals surface area contributed by atoms with E-state index in [0.29, 0.717) is 41.9 Å². The maximum Gasteiger partial charge on any atom is 0.139 e. The van der Waals surface area contributed by atoms with E-state index in [-0.39, 0.29) is 6.61 Å². The maximum absolute atomic E-state index is 9.79. The fourth-order valence-electron chi connectivity index (χ4n) is 1.65. The van der Waals surface area contributed by atoms with Crippen LogP contribution in [-0.4, -0.2) is 55.8 Å². The van der Waals surface area contributed by atoms with Gasteiger partial charge < -0.3 is 25.0 Å². The van der Waals surface area contributed by atoms with E-state index in [4.69, 9.17) is 32.7 Å². The van der Waals surface area contributed by atoms with Gasteiger partial charge in [-0.2, -0.15) is 0 Å². The molecule has 0 saturated carbocycles. The van der Waals surface area contributed by atoms with E-state index in [2.05, 4.69) is 5.32 Å². The monoisotopic (exact) mass is 337 g/mol. The summed E-state index contributed by atoms with van der Waals surface area (Å²) < 4.78 is 10.2. The Morgan fingerprint density at radius 3 is 2.67 bits per heavy atom. The summed E-state index contributed by atoms with van der Waals surface area (Å²) in [5.74, 6) is 0.443. The molecule has 0 saturated heterocycles. The van der Waals surface area contributed by atoms with Gasteiger partial charge in [0.05, 0.1) is 17.7 Å². The summed E-state index contributed by atoms with van der Waals surface area (Å²) >= 11 is 11.8. The fraction of sp³-hybridized carbons (Fsp3) is 0.571. The van der Waals surface area contributed by atoms with Crippen molar-refractivity contribution in [2.45, 2.75) is 18.6 Å². The molecule has 0 bridgehead atoms. The minimum atomic E-state index is -0.681. The summed E-state index contributed by atoms with van der Waals surface area (Å²) in [5.41, 5.74) is 0. The Morgan fingerprint density at radius 1 is 1.19 bits per heavy atom. The summed E-state index contributed by atoms with van der Waals surface area (Å²) in [4.78, 5) is 0. The summed E-state index contributed by atoms with van der Waals surface area (Å²) in [7, 11) is 1.54. The summed E-state index contributed by atoms with van der Waals surface area (Å²) in [6.07, 6.45) is -0.623. The highest BCUT2D eigenvalue weighted by atomic mass is 35.5. The van der Waals surface area contributed by atoms with Crippen molar-refractivity contribution in [2.24, 2.45) is 0 Å². The van der Waals surface area contributed by atoms with Crippen LogP contribution in [0.15, 0.2) is 18.2 Å². The first-order chi connectivity index (χ1) is 10.0. The number of methoxy groups -OCH3 is 1. The lowest BCUT2D eigenvalue weighted by Gasteiger charge is -2.15. The zero-order valence-corrected chi connectivity index (χ0v) is 13.4. The van der Waals surface area contributed by atoms with Gasteiger partial charge in [-0.3, -0.25) is 0 Å². The first kappa shape index (κ1) is 18.5. The standard InChI is InChI=1S/C14H21Cl2NO4/c1-20-8-11(18)4-5-17-7-12(19)9-21-14-6-10(15)2-3-13(14)16/h2-3,6,11-12,17-19H,4-5,7-9H2,1H3. The van der Waals surface area contributed by atoms with Crippen molar-refractivity contribution < 1.29 is 19.7 Å². The third-order valence-corrected chi connectivity index (χ3v) is 3.27. The van der Waals surface area contributed by atoms with Crippen molar-refractivity contribution >= 4 is 23.2 Å². The van der Waals surface area contributed by atoms with Gasteiger partial charge in [-0.15, -0.1) is 0 Å². The van der Waals surface area contributed by atoms with E-state index >= 15 is 0 Å². The highest BCUT2D eigenvalue weighted by molar-refractivity contribution is 6.34. The number of halogens is 2. The van der Waals surface area contributed by atoms with Crippen LogP contribution in [0.1, 0.15) is 6.42 Å². The maximum atomic E-state index is 9.79. The molecule has 1 aromatic rings. The average molecular weight is 338 g/mol. The molecule has 0 radical (unpaired) electrons. The van der Waals surface area contributed by atoms with Gasteiger partial charge in [-0.05, 0) is 25.1 Å². The predicted octanol–water partition coefficient (Wildman–Crippen LogP) is 1.72. The first-order valence-corrected chi connectivity index (χ1v) is 7.42. The molecule has 1 rings (SSSR count). The van der Waals surface area contributed by atoms with Gasteiger partial charge in [0.15, 0.2) is 0 Å². The van der Waals surface area contributed by atoms with Gasteiger partial charge in [0.2, 0.25) is 0 Å². The van der Waals surface area contributed by atoms with Crippen LogP contribution in [0.2, 0.25) is 10.0 Å². The number of benzene rings is 1. The SMILES string of the molecule is COCC(O)CCNCC(O)COc1cc(Cl)ccc1Cl. The van der Waals surface area contributed by atoms with Gasteiger partial charge in [-0.25, -0.2) is 0 Å². The number of hydrogen-bond donors (Lipinski definition) is 3. The van der Waals surface area contributed by atoms with Crippen LogP contribution >= 0.6 is 23.2 Å². The predicted molar refractivity (Wildman–Crippen MR) is 83.3 cm³/mol. The normalized spacial score (nSPS) is 14.0. The number of aliphatic hydroxyl groups is 2. The van der Waals surface area contributed by atoms with Crippen LogP contribution in [0.3, 0.4) is 0 Å². The molecule has 1 aromatic carbocycles. The number of aliphatic hydroxyl groups excluding tert-OH is 2. The molecular weight excluding hydrogens is 317 g/mol. The smallest absolute Gasteiger partial charge is 0.139 e. The van der Waals surface area contributed by atoms with Crippen LogP contribution in [0.5, 0.6) is 5.75 Å². The van der Waals surface area contributed by atoms with E-state index in [1.165, 1.54) is 0 Å². The summed E-state index contributed by atoms with van der Waals surface area (Å²) in [6.45, 7) is 1.35. The van der Waals surface area contributed by atoms with E-state index in [1.54, 1.807) is 25.3 Å². The molecule has 0 fully saturated rings. The van der Waals surface area contributed by atoms with Crippen LogP contribution in [0.25, 0.3) is 0 Å². The molecule has 21 heavy (non-hydrogen) atoms. The number of hydrogen-bond acceptors (Lipinski definition) is 5. The Balaban J connectivity index is 2.19. The van der Waals surface area contributed by atoms with Crippen molar-refractivity contribution in [1.29, 1.82) is 0 Å². The van der Waals surface area contributed by atoms with E-state index < -0.39 is 12.2 Å². The topological polar surface area (TPSA) is 71.0 Å². The third-order valence-electron chi connectivity index (χ3n) is 2.72. The van der Waals surface area contributed by atoms with Crippen LogP contribution in [0.4, 0.5) is 0 Å². The highest BCUT2D eigenvalue weighted by Crippen LogP contribution is 2.27. The average Bonchev–Trinajstić information content (AvgIpc) is 2.45. The minimum absolute atomic E-state index is 0.105. The molecule has 0 amide bonds. The Morgan fingerprint density at radius 2 is 1.95 bits per heavy atom.